The van der Waals surface area contributed by atoms with Gasteiger partial charge in [-0.15, -0.1) is 0 Å². The first kappa shape index (κ1) is 40.1. The topological polar surface area (TPSA) is 43.2 Å². The van der Waals surface area contributed by atoms with Gasteiger partial charge in [0.1, 0.15) is 13.2 Å². The Kier molecular flexibility index (Phi) is 14.6. The van der Waals surface area contributed by atoms with Gasteiger partial charge in [-0.2, -0.15) is 0 Å². The van der Waals surface area contributed by atoms with Crippen LogP contribution in [-0.2, 0) is 31.9 Å². The van der Waals surface area contributed by atoms with E-state index in [0.717, 1.165) is 25.0 Å². The van der Waals surface area contributed by atoms with E-state index in [1.165, 1.54) is 59.7 Å². The Balaban J connectivity index is 0.000000178. The summed E-state index contributed by atoms with van der Waals surface area (Å²) in [5.74, 6) is 4.21. The van der Waals surface area contributed by atoms with Crippen LogP contribution in [0.5, 0.6) is 0 Å². The van der Waals surface area contributed by atoms with E-state index in [4.69, 9.17) is 19.5 Å². The molecule has 2 heterocycles. The molecule has 4 aliphatic rings. The molecule has 0 spiro atoms. The minimum Gasteiger partial charge on any atom is -0.478 e. The third-order valence-corrected chi connectivity index (χ3v) is 18.4. The number of aliphatic imine (C=N–C) groups is 2. The fourth-order valence-corrected chi connectivity index (χ4v) is 15.8. The van der Waals surface area contributed by atoms with Crippen molar-refractivity contribution in [2.75, 3.05) is 13.2 Å². The molecule has 2 aliphatic heterocycles. The van der Waals surface area contributed by atoms with Gasteiger partial charge in [0.2, 0.25) is 0 Å². The molecule has 0 aromatic heterocycles. The van der Waals surface area contributed by atoms with Crippen LogP contribution in [0.3, 0.4) is 0 Å². The molecular formula is C46H58AuN2O2P2+2. The van der Waals surface area contributed by atoms with Crippen LogP contribution < -0.4 is 21.2 Å². The maximum atomic E-state index is 6.13. The third-order valence-electron chi connectivity index (χ3n) is 11.7. The van der Waals surface area contributed by atoms with E-state index in [9.17, 15) is 0 Å². The number of hydrogen-bond acceptors (Lipinski definition) is 4. The van der Waals surface area contributed by atoms with Crippen LogP contribution >= 0.6 is 15.8 Å². The zero-order valence-electron chi connectivity index (χ0n) is 31.8. The molecule has 4 aromatic carbocycles. The largest absolute Gasteiger partial charge is 0.478 e. The van der Waals surface area contributed by atoms with Crippen LogP contribution in [0.25, 0.3) is 0 Å². The average Bonchev–Trinajstić information content (AvgIpc) is 4.02. The van der Waals surface area contributed by atoms with Gasteiger partial charge in [0.05, 0.1) is 72.3 Å². The molecule has 2 aliphatic carbocycles. The number of rotatable bonds is 10. The van der Waals surface area contributed by atoms with Gasteiger partial charge in [-0.25, -0.2) is 9.98 Å². The Labute approximate surface area is 336 Å². The minimum atomic E-state index is -0.860. The van der Waals surface area contributed by atoms with Gasteiger partial charge in [0.25, 0.3) is 0 Å². The van der Waals surface area contributed by atoms with Crippen molar-refractivity contribution in [3.63, 3.8) is 0 Å². The molecule has 0 N–H and O–H groups in total. The molecular weight excluding hydrogens is 871 g/mol. The minimum absolute atomic E-state index is 0. The first-order valence-corrected chi connectivity index (χ1v) is 23.0. The van der Waals surface area contributed by atoms with Crippen LogP contribution in [-0.4, -0.2) is 48.4 Å². The number of ether oxygens (including phenoxy) is 2. The molecule has 0 saturated heterocycles. The zero-order valence-corrected chi connectivity index (χ0v) is 36.0. The van der Waals surface area contributed by atoms with E-state index in [1.807, 2.05) is 0 Å². The molecule has 7 heteroatoms. The Morgan fingerprint density at radius 1 is 0.472 bits per heavy atom. The van der Waals surface area contributed by atoms with Gasteiger partial charge in [-0.05, 0) is 98.9 Å². The number of hydrogen-bond donors (Lipinski definition) is 0. The predicted molar refractivity (Wildman–Crippen MR) is 227 cm³/mol. The van der Waals surface area contributed by atoms with E-state index >= 15 is 0 Å². The molecule has 0 bridgehead atoms. The summed E-state index contributed by atoms with van der Waals surface area (Å²) in [6.07, 6.45) is 7.61. The quantitative estimate of drug-likeness (QED) is 0.118. The van der Waals surface area contributed by atoms with Crippen LogP contribution in [0.1, 0.15) is 66.2 Å². The summed E-state index contributed by atoms with van der Waals surface area (Å²) in [6.45, 7) is 10.5. The van der Waals surface area contributed by atoms with Crippen molar-refractivity contribution in [1.82, 2.24) is 0 Å². The molecule has 6 atom stereocenters. The Hall–Kier alpha value is -2.58. The van der Waals surface area contributed by atoms with E-state index in [1.54, 1.807) is 0 Å². The van der Waals surface area contributed by atoms with Crippen LogP contribution in [0.15, 0.2) is 131 Å². The van der Waals surface area contributed by atoms with Crippen LogP contribution in [0.2, 0.25) is 0 Å². The van der Waals surface area contributed by atoms with Gasteiger partial charge in [-0.1, -0.05) is 100 Å². The second-order valence-corrected chi connectivity index (χ2v) is 21.2. The van der Waals surface area contributed by atoms with Crippen molar-refractivity contribution in [2.24, 2.45) is 33.7 Å². The molecule has 2 saturated carbocycles. The SMILES string of the molecule is CC(C)[C@H]1COC(C2CCC[C@@H]2[PH+](c2ccccc2)c2ccccc2)=N1.CC(C)[C@H]1COC(C2CCC[C@H]2[PH+](c2ccccc2)c2ccccc2)=N1.[Au]. The monoisotopic (exact) mass is 929 g/mol. The summed E-state index contributed by atoms with van der Waals surface area (Å²) < 4.78 is 12.3. The Morgan fingerprint density at radius 2 is 0.774 bits per heavy atom. The molecule has 2 fully saturated rings. The van der Waals surface area contributed by atoms with Crippen molar-refractivity contribution in [3.05, 3.63) is 121 Å². The number of benzene rings is 4. The maximum absolute atomic E-state index is 6.13. The zero-order chi connectivity index (χ0) is 35.9. The third kappa shape index (κ3) is 9.63. The van der Waals surface area contributed by atoms with Crippen LogP contribution in [0, 0.1) is 23.7 Å². The Morgan fingerprint density at radius 3 is 1.04 bits per heavy atom. The van der Waals surface area contributed by atoms with Crippen molar-refractivity contribution in [2.45, 2.75) is 89.6 Å². The second-order valence-electron chi connectivity index (χ2n) is 15.8. The van der Waals surface area contributed by atoms with E-state index in [0.29, 0.717) is 47.1 Å². The molecule has 1 radical (unpaired) electrons. The van der Waals surface area contributed by atoms with Gasteiger partial charge in [0.15, 0.2) is 11.8 Å². The summed E-state index contributed by atoms with van der Waals surface area (Å²) in [5.41, 5.74) is 1.32. The Bertz CT molecular complexity index is 1550. The van der Waals surface area contributed by atoms with E-state index in [2.05, 4.69) is 149 Å². The number of nitrogens with zero attached hydrogens (tertiary/aromatic N) is 2. The maximum Gasteiger partial charge on any atom is 0.190 e. The van der Waals surface area contributed by atoms with Gasteiger partial charge < -0.3 is 9.47 Å². The summed E-state index contributed by atoms with van der Waals surface area (Å²) in [5, 5.41) is 6.05. The predicted octanol–water partition coefficient (Wildman–Crippen LogP) is 8.94. The molecule has 0 amide bonds. The summed E-state index contributed by atoms with van der Waals surface area (Å²) >= 11 is 0. The smallest absolute Gasteiger partial charge is 0.190 e. The van der Waals surface area contributed by atoms with E-state index < -0.39 is 15.8 Å². The van der Waals surface area contributed by atoms with Gasteiger partial charge >= 0.3 is 0 Å². The summed E-state index contributed by atoms with van der Waals surface area (Å²) in [4.78, 5) is 10.0. The van der Waals surface area contributed by atoms with Gasteiger partial charge in [0, 0.05) is 22.4 Å². The first-order chi connectivity index (χ1) is 25.5. The summed E-state index contributed by atoms with van der Waals surface area (Å²) in [7, 11) is -1.72. The van der Waals surface area contributed by atoms with Crippen molar-refractivity contribution in [3.8, 4) is 0 Å². The second kappa shape index (κ2) is 19.3. The molecule has 53 heavy (non-hydrogen) atoms. The molecule has 2 unspecified atom stereocenters. The van der Waals surface area contributed by atoms with Crippen LogP contribution in [0.4, 0.5) is 0 Å². The average molecular weight is 930 g/mol. The fraction of sp³-hybridized carbons (Fsp3) is 0.435. The first-order valence-electron chi connectivity index (χ1n) is 19.8. The van der Waals surface area contributed by atoms with E-state index in [-0.39, 0.29) is 22.4 Å². The molecule has 4 nitrogen and oxygen atoms in total. The normalized spacial score (nSPS) is 25.1. The standard InChI is InChI=1S/2C23H28NOP.Au/c2*1-17(2)21-16-25-23(24-21)20-14-9-15-22(20)26(18-10-5-3-6-11-18)19-12-7-4-8-13-19;/h2*3-8,10-13,17,20-22H,9,14-16H2,1-2H3;/p+2/t20?,21-,22+;20?,21-,22-;/m11./s1. The van der Waals surface area contributed by atoms with Gasteiger partial charge in [-0.3, -0.25) is 0 Å². The van der Waals surface area contributed by atoms with Crippen molar-refractivity contribution < 1.29 is 31.9 Å². The molecule has 283 valence electrons. The summed E-state index contributed by atoms with van der Waals surface area (Å²) in [6, 6.07) is 45.3. The molecule has 8 rings (SSSR count). The van der Waals surface area contributed by atoms with Crippen molar-refractivity contribution >= 4 is 48.9 Å². The molecule has 4 aromatic rings. The van der Waals surface area contributed by atoms with Crippen molar-refractivity contribution in [1.29, 1.82) is 0 Å². The fourth-order valence-electron chi connectivity index (χ4n) is 8.77.